The molecule has 0 heterocycles. The molecule has 1 amide bonds. The van der Waals surface area contributed by atoms with E-state index >= 15 is 0 Å². The Bertz CT molecular complexity index is 416. The van der Waals surface area contributed by atoms with Crippen LogP contribution in [-0.4, -0.2) is 5.91 Å². The highest BCUT2D eigenvalue weighted by molar-refractivity contribution is 5.94. The minimum absolute atomic E-state index is 0.181. The Morgan fingerprint density at radius 3 is 2.59 bits per heavy atom. The predicted octanol–water partition coefficient (Wildman–Crippen LogP) is 2.66. The van der Waals surface area contributed by atoms with Crippen molar-refractivity contribution in [1.82, 2.24) is 0 Å². The van der Waals surface area contributed by atoms with Crippen molar-refractivity contribution in [1.29, 1.82) is 0 Å². The highest BCUT2D eigenvalue weighted by atomic mass is 19.1. The van der Waals surface area contributed by atoms with Gasteiger partial charge in [0.2, 0.25) is 5.91 Å². The molecule has 17 heavy (non-hydrogen) atoms. The molecule has 0 aliphatic carbocycles. The number of amides is 1. The van der Waals surface area contributed by atoms with Gasteiger partial charge in [-0.2, -0.15) is 0 Å². The van der Waals surface area contributed by atoms with Crippen molar-refractivity contribution in [2.75, 3.05) is 5.32 Å². The van der Waals surface area contributed by atoms with E-state index in [9.17, 15) is 9.18 Å². The van der Waals surface area contributed by atoms with Gasteiger partial charge in [0.1, 0.15) is 5.82 Å². The fourth-order valence-electron chi connectivity index (χ4n) is 1.24. The van der Waals surface area contributed by atoms with Crippen LogP contribution < -0.4 is 11.1 Å². The molecule has 0 aliphatic heterocycles. The van der Waals surface area contributed by atoms with E-state index < -0.39 is 11.2 Å². The lowest BCUT2D eigenvalue weighted by atomic mass is 9.89. The van der Waals surface area contributed by atoms with E-state index in [1.807, 2.05) is 20.8 Å². The van der Waals surface area contributed by atoms with Gasteiger partial charge in [-0.05, 0) is 24.1 Å². The molecule has 1 aromatic rings. The summed E-state index contributed by atoms with van der Waals surface area (Å²) in [5, 5.41) is 2.60. The zero-order chi connectivity index (χ0) is 13.1. The average molecular weight is 238 g/mol. The largest absolute Gasteiger partial charge is 0.326 e. The van der Waals surface area contributed by atoms with Gasteiger partial charge < -0.3 is 11.1 Å². The summed E-state index contributed by atoms with van der Waals surface area (Å²) in [4.78, 5) is 11.9. The van der Waals surface area contributed by atoms with Crippen molar-refractivity contribution in [3.05, 3.63) is 29.6 Å². The Labute approximate surface area is 101 Å². The predicted molar refractivity (Wildman–Crippen MR) is 67.0 cm³/mol. The molecule has 0 unspecified atom stereocenters. The Morgan fingerprint density at radius 1 is 1.47 bits per heavy atom. The third-order valence-corrected chi connectivity index (χ3v) is 3.02. The summed E-state index contributed by atoms with van der Waals surface area (Å²) >= 11 is 0. The number of halogens is 1. The van der Waals surface area contributed by atoms with Crippen LogP contribution in [0.3, 0.4) is 0 Å². The monoisotopic (exact) mass is 238 g/mol. The van der Waals surface area contributed by atoms with Gasteiger partial charge in [-0.3, -0.25) is 4.79 Å². The van der Waals surface area contributed by atoms with Crippen molar-refractivity contribution in [2.24, 2.45) is 11.1 Å². The number of benzene rings is 1. The minimum atomic E-state index is -0.501. The number of hydrogen-bond acceptors (Lipinski definition) is 2. The van der Waals surface area contributed by atoms with Crippen molar-refractivity contribution >= 4 is 11.6 Å². The van der Waals surface area contributed by atoms with Gasteiger partial charge in [0.15, 0.2) is 0 Å². The van der Waals surface area contributed by atoms with Crippen molar-refractivity contribution in [3.63, 3.8) is 0 Å². The van der Waals surface area contributed by atoms with E-state index in [0.29, 0.717) is 12.0 Å². The molecular formula is C13H19FN2O. The van der Waals surface area contributed by atoms with Crippen LogP contribution in [0.5, 0.6) is 0 Å². The van der Waals surface area contributed by atoms with Crippen LogP contribution in [0.4, 0.5) is 10.1 Å². The summed E-state index contributed by atoms with van der Waals surface area (Å²) in [6.07, 6.45) is 0.696. The van der Waals surface area contributed by atoms with Crippen molar-refractivity contribution < 1.29 is 9.18 Å². The summed E-state index contributed by atoms with van der Waals surface area (Å²) in [7, 11) is 0. The first-order chi connectivity index (χ1) is 7.90. The summed E-state index contributed by atoms with van der Waals surface area (Å²) in [6, 6.07) is 4.59. The molecule has 1 rings (SSSR count). The van der Waals surface area contributed by atoms with Crippen molar-refractivity contribution in [2.45, 2.75) is 33.7 Å². The van der Waals surface area contributed by atoms with E-state index in [1.54, 1.807) is 12.1 Å². The van der Waals surface area contributed by atoms with E-state index in [2.05, 4.69) is 5.32 Å². The second-order valence-electron chi connectivity index (χ2n) is 4.71. The highest BCUT2D eigenvalue weighted by Gasteiger charge is 2.25. The average Bonchev–Trinajstić information content (AvgIpc) is 2.31. The SMILES string of the molecule is CCC(C)(C)C(=O)Nc1ccc(CN)cc1F. The number of nitrogens with two attached hydrogens (primary N) is 1. The molecule has 3 nitrogen and oxygen atoms in total. The first kappa shape index (κ1) is 13.6. The lowest BCUT2D eigenvalue weighted by Crippen LogP contribution is -2.30. The number of hydrogen-bond donors (Lipinski definition) is 2. The number of rotatable bonds is 4. The van der Waals surface area contributed by atoms with E-state index in [1.165, 1.54) is 6.07 Å². The Hall–Kier alpha value is -1.42. The molecular weight excluding hydrogens is 219 g/mol. The third kappa shape index (κ3) is 3.27. The molecule has 0 bridgehead atoms. The van der Waals surface area contributed by atoms with E-state index in [-0.39, 0.29) is 18.1 Å². The van der Waals surface area contributed by atoms with Gasteiger partial charge >= 0.3 is 0 Å². The minimum Gasteiger partial charge on any atom is -0.326 e. The maximum Gasteiger partial charge on any atom is 0.230 e. The number of nitrogens with one attached hydrogen (secondary N) is 1. The topological polar surface area (TPSA) is 55.1 Å². The molecule has 94 valence electrons. The van der Waals surface area contributed by atoms with E-state index in [0.717, 1.165) is 0 Å². The van der Waals surface area contributed by atoms with Crippen LogP contribution >= 0.6 is 0 Å². The number of carbonyl (C=O) groups excluding carboxylic acids is 1. The van der Waals surface area contributed by atoms with E-state index in [4.69, 9.17) is 5.73 Å². The third-order valence-electron chi connectivity index (χ3n) is 3.02. The fourth-order valence-corrected chi connectivity index (χ4v) is 1.24. The molecule has 0 atom stereocenters. The molecule has 0 radical (unpaired) electrons. The van der Waals surface area contributed by atoms with Gasteiger partial charge in [-0.1, -0.05) is 26.8 Å². The quantitative estimate of drug-likeness (QED) is 0.847. The lowest BCUT2D eigenvalue weighted by molar-refractivity contribution is -0.124. The molecule has 0 saturated heterocycles. The zero-order valence-corrected chi connectivity index (χ0v) is 10.5. The Kier molecular flexibility index (Phi) is 4.23. The van der Waals surface area contributed by atoms with Gasteiger partial charge in [0.05, 0.1) is 5.69 Å². The van der Waals surface area contributed by atoms with Crippen LogP contribution in [0, 0.1) is 11.2 Å². The van der Waals surface area contributed by atoms with Crippen LogP contribution in [0.2, 0.25) is 0 Å². The van der Waals surface area contributed by atoms with Crippen LogP contribution in [0.1, 0.15) is 32.8 Å². The lowest BCUT2D eigenvalue weighted by Gasteiger charge is -2.21. The number of carbonyl (C=O) groups is 1. The first-order valence-corrected chi connectivity index (χ1v) is 5.70. The van der Waals surface area contributed by atoms with Crippen LogP contribution in [-0.2, 0) is 11.3 Å². The first-order valence-electron chi connectivity index (χ1n) is 5.70. The second-order valence-corrected chi connectivity index (χ2v) is 4.71. The molecule has 0 spiro atoms. The standard InChI is InChI=1S/C13H19FN2O/c1-4-13(2,3)12(17)16-11-6-5-9(8-15)7-10(11)14/h5-7H,4,8,15H2,1-3H3,(H,16,17). The Morgan fingerprint density at radius 2 is 2.12 bits per heavy atom. The second kappa shape index (κ2) is 5.27. The molecule has 3 N–H and O–H groups in total. The van der Waals surface area contributed by atoms with Crippen LogP contribution in [0.25, 0.3) is 0 Å². The summed E-state index contributed by atoms with van der Waals surface area (Å²) in [6.45, 7) is 5.86. The molecule has 0 saturated carbocycles. The van der Waals surface area contributed by atoms with Crippen LogP contribution in [0.15, 0.2) is 18.2 Å². The highest BCUT2D eigenvalue weighted by Crippen LogP contribution is 2.23. The summed E-state index contributed by atoms with van der Waals surface area (Å²) < 4.78 is 13.6. The van der Waals surface area contributed by atoms with Crippen molar-refractivity contribution in [3.8, 4) is 0 Å². The van der Waals surface area contributed by atoms with Gasteiger partial charge in [0.25, 0.3) is 0 Å². The van der Waals surface area contributed by atoms with Gasteiger partial charge in [-0.25, -0.2) is 4.39 Å². The van der Waals surface area contributed by atoms with Gasteiger partial charge in [-0.15, -0.1) is 0 Å². The fraction of sp³-hybridized carbons (Fsp3) is 0.462. The zero-order valence-electron chi connectivity index (χ0n) is 10.5. The smallest absolute Gasteiger partial charge is 0.230 e. The summed E-state index contributed by atoms with van der Waals surface area (Å²) in [5.74, 6) is -0.632. The molecule has 0 fully saturated rings. The normalized spacial score (nSPS) is 11.4. The maximum absolute atomic E-state index is 13.6. The molecule has 0 aromatic heterocycles. The molecule has 1 aromatic carbocycles. The number of anilines is 1. The molecule has 0 aliphatic rings. The maximum atomic E-state index is 13.6. The Balaban J connectivity index is 2.86. The molecule has 4 heteroatoms. The van der Waals surface area contributed by atoms with Gasteiger partial charge in [0, 0.05) is 12.0 Å². The summed E-state index contributed by atoms with van der Waals surface area (Å²) in [5.41, 5.74) is 5.81.